The molecule has 0 unspecified atom stereocenters. The average molecular weight is 445 g/mol. The maximum atomic E-state index is 13.7. The number of urea groups is 1. The second kappa shape index (κ2) is 7.94. The Morgan fingerprint density at radius 2 is 1.56 bits per heavy atom. The topological polar surface area (TPSA) is 88.3 Å². The largest absolute Gasteiger partial charge is 0.337 e. The van der Waals surface area contributed by atoms with E-state index in [0.717, 1.165) is 4.90 Å². The summed E-state index contributed by atoms with van der Waals surface area (Å²) in [6.07, 6.45) is 0. The summed E-state index contributed by atoms with van der Waals surface area (Å²) in [5, 5.41) is 7.39. The predicted molar refractivity (Wildman–Crippen MR) is 117 cm³/mol. The van der Waals surface area contributed by atoms with Crippen molar-refractivity contribution >= 4 is 23.5 Å². The van der Waals surface area contributed by atoms with Crippen LogP contribution in [0, 0.1) is 0 Å². The van der Waals surface area contributed by atoms with Crippen LogP contribution in [0.1, 0.15) is 17.0 Å². The van der Waals surface area contributed by atoms with Crippen LogP contribution in [0.3, 0.4) is 0 Å². The number of nitrogens with zero attached hydrogens (tertiary/aromatic N) is 3. The number of benzene rings is 3. The van der Waals surface area contributed by atoms with Crippen LogP contribution >= 0.6 is 11.6 Å². The highest BCUT2D eigenvalue weighted by molar-refractivity contribution is 6.30. The van der Waals surface area contributed by atoms with Gasteiger partial charge in [0, 0.05) is 10.6 Å². The third-order valence-corrected chi connectivity index (χ3v) is 5.60. The molecule has 1 aliphatic heterocycles. The number of carbonyl (C=O) groups excluding carboxylic acids is 2. The summed E-state index contributed by atoms with van der Waals surface area (Å²) >= 11 is 6.03. The molecule has 3 amide bonds. The van der Waals surface area contributed by atoms with Gasteiger partial charge in [-0.2, -0.15) is 4.98 Å². The number of hydrogen-bond donors (Lipinski definition) is 1. The lowest BCUT2D eigenvalue weighted by atomic mass is 9.82. The Labute approximate surface area is 188 Å². The van der Waals surface area contributed by atoms with Crippen molar-refractivity contribution < 1.29 is 14.1 Å². The van der Waals surface area contributed by atoms with E-state index in [0.29, 0.717) is 27.5 Å². The number of carbonyl (C=O) groups is 2. The van der Waals surface area contributed by atoms with Gasteiger partial charge < -0.3 is 9.84 Å². The molecule has 1 fully saturated rings. The van der Waals surface area contributed by atoms with Crippen molar-refractivity contribution in [2.45, 2.75) is 12.1 Å². The molecule has 0 saturated carbocycles. The fourth-order valence-electron chi connectivity index (χ4n) is 3.85. The van der Waals surface area contributed by atoms with Gasteiger partial charge in [0.25, 0.3) is 5.91 Å². The second-order valence-corrected chi connectivity index (χ2v) is 7.76. The summed E-state index contributed by atoms with van der Waals surface area (Å²) in [7, 11) is 0. The van der Waals surface area contributed by atoms with E-state index in [2.05, 4.69) is 15.5 Å². The van der Waals surface area contributed by atoms with Crippen molar-refractivity contribution in [3.63, 3.8) is 0 Å². The van der Waals surface area contributed by atoms with Crippen molar-refractivity contribution in [2.75, 3.05) is 0 Å². The van der Waals surface area contributed by atoms with Gasteiger partial charge in [0.15, 0.2) is 5.54 Å². The van der Waals surface area contributed by atoms with Crippen molar-refractivity contribution in [2.24, 2.45) is 0 Å². The number of imide groups is 1. The van der Waals surface area contributed by atoms with Crippen LogP contribution in [0.4, 0.5) is 4.79 Å². The lowest BCUT2D eigenvalue weighted by molar-refractivity contribution is -0.130. The number of nitrogens with one attached hydrogen (secondary N) is 1. The van der Waals surface area contributed by atoms with Gasteiger partial charge in [0.2, 0.25) is 11.7 Å². The Balaban J connectivity index is 1.49. The van der Waals surface area contributed by atoms with Gasteiger partial charge >= 0.3 is 6.03 Å². The molecule has 1 aromatic heterocycles. The normalized spacial score (nSPS) is 15.1. The van der Waals surface area contributed by atoms with Gasteiger partial charge in [-0.25, -0.2) is 4.79 Å². The molecule has 32 heavy (non-hydrogen) atoms. The molecule has 2 heterocycles. The minimum absolute atomic E-state index is 0.139. The Morgan fingerprint density at radius 3 is 2.19 bits per heavy atom. The molecule has 5 rings (SSSR count). The van der Waals surface area contributed by atoms with E-state index in [4.69, 9.17) is 16.1 Å². The van der Waals surface area contributed by atoms with Gasteiger partial charge in [-0.15, -0.1) is 0 Å². The Morgan fingerprint density at radius 1 is 0.906 bits per heavy atom. The lowest BCUT2D eigenvalue weighted by Gasteiger charge is -2.27. The summed E-state index contributed by atoms with van der Waals surface area (Å²) in [6.45, 7) is -0.153. The van der Waals surface area contributed by atoms with E-state index in [-0.39, 0.29) is 12.4 Å². The summed E-state index contributed by atoms with van der Waals surface area (Å²) in [4.78, 5) is 32.1. The maximum absolute atomic E-state index is 13.7. The monoisotopic (exact) mass is 444 g/mol. The molecule has 0 radical (unpaired) electrons. The number of hydrogen-bond acceptors (Lipinski definition) is 5. The average Bonchev–Trinajstić information content (AvgIpc) is 3.39. The quantitative estimate of drug-likeness (QED) is 0.461. The molecule has 158 valence electrons. The number of amides is 3. The molecule has 1 N–H and O–H groups in total. The van der Waals surface area contributed by atoms with E-state index < -0.39 is 17.5 Å². The van der Waals surface area contributed by atoms with Crippen molar-refractivity contribution in [3.8, 4) is 11.4 Å². The molecular formula is C24H17ClN4O3. The molecule has 8 heteroatoms. The van der Waals surface area contributed by atoms with Gasteiger partial charge in [-0.1, -0.05) is 89.6 Å². The summed E-state index contributed by atoms with van der Waals surface area (Å²) in [6, 6.07) is 24.8. The first-order chi connectivity index (χ1) is 15.6. The first kappa shape index (κ1) is 20.0. The number of rotatable bonds is 5. The van der Waals surface area contributed by atoms with Crippen LogP contribution in [-0.2, 0) is 16.9 Å². The zero-order valence-electron chi connectivity index (χ0n) is 16.7. The zero-order chi connectivity index (χ0) is 22.1. The van der Waals surface area contributed by atoms with E-state index >= 15 is 0 Å². The van der Waals surface area contributed by atoms with Crippen LogP contribution in [-0.4, -0.2) is 27.0 Å². The molecule has 0 aliphatic carbocycles. The summed E-state index contributed by atoms with van der Waals surface area (Å²) < 4.78 is 5.32. The van der Waals surface area contributed by atoms with Gasteiger partial charge in [-0.05, 0) is 23.3 Å². The molecule has 3 aromatic carbocycles. The Hall–Kier alpha value is -3.97. The fourth-order valence-corrected chi connectivity index (χ4v) is 4.04. The second-order valence-electron chi connectivity index (χ2n) is 7.33. The Kier molecular flexibility index (Phi) is 4.95. The van der Waals surface area contributed by atoms with E-state index in [9.17, 15) is 9.59 Å². The number of aromatic nitrogens is 2. The lowest BCUT2D eigenvalue weighted by Crippen LogP contribution is -2.45. The van der Waals surface area contributed by atoms with Crippen LogP contribution in [0.25, 0.3) is 11.4 Å². The van der Waals surface area contributed by atoms with Crippen molar-refractivity contribution in [3.05, 3.63) is 107 Å². The van der Waals surface area contributed by atoms with Crippen LogP contribution in [0.5, 0.6) is 0 Å². The van der Waals surface area contributed by atoms with Gasteiger partial charge in [-0.3, -0.25) is 9.69 Å². The van der Waals surface area contributed by atoms with Crippen LogP contribution < -0.4 is 5.32 Å². The highest BCUT2D eigenvalue weighted by atomic mass is 35.5. The predicted octanol–water partition coefficient (Wildman–Crippen LogP) is 4.39. The fraction of sp³-hybridized carbons (Fsp3) is 0.0833. The minimum atomic E-state index is -1.34. The van der Waals surface area contributed by atoms with E-state index in [1.54, 1.807) is 24.3 Å². The highest BCUT2D eigenvalue weighted by Crippen LogP contribution is 2.36. The third kappa shape index (κ3) is 3.33. The molecule has 0 bridgehead atoms. The molecule has 1 saturated heterocycles. The van der Waals surface area contributed by atoms with Gasteiger partial charge in [0.05, 0.1) is 0 Å². The van der Waals surface area contributed by atoms with Gasteiger partial charge in [0.1, 0.15) is 6.54 Å². The van der Waals surface area contributed by atoms with Crippen molar-refractivity contribution in [1.82, 2.24) is 20.4 Å². The smallest absolute Gasteiger partial charge is 0.326 e. The molecule has 4 aromatic rings. The summed E-state index contributed by atoms with van der Waals surface area (Å²) in [5.74, 6) is 0.0507. The molecule has 7 nitrogen and oxygen atoms in total. The maximum Gasteiger partial charge on any atom is 0.326 e. The SMILES string of the molecule is O=C1NC(c2ccccc2)(c2ccccc2)C(=O)N1Cc1nc(-c2cccc(Cl)c2)no1. The highest BCUT2D eigenvalue weighted by Gasteiger charge is 2.54. The van der Waals surface area contributed by atoms with Crippen LogP contribution in [0.2, 0.25) is 5.02 Å². The Bertz CT molecular complexity index is 1250. The van der Waals surface area contributed by atoms with E-state index in [1.165, 1.54) is 0 Å². The third-order valence-electron chi connectivity index (χ3n) is 5.36. The van der Waals surface area contributed by atoms with Crippen molar-refractivity contribution in [1.29, 1.82) is 0 Å². The standard InChI is InChI=1S/C24H17ClN4O3/c25-19-13-7-8-16(14-19)21-26-20(32-28-21)15-29-22(30)24(27-23(29)31,17-9-3-1-4-10-17)18-11-5-2-6-12-18/h1-14H,15H2,(H,27,31). The molecule has 0 spiro atoms. The first-order valence-corrected chi connectivity index (χ1v) is 10.3. The van der Waals surface area contributed by atoms with E-state index in [1.807, 2.05) is 60.7 Å². The summed E-state index contributed by atoms with van der Waals surface area (Å²) in [5.41, 5.74) is 0.664. The molecular weight excluding hydrogens is 428 g/mol. The first-order valence-electron chi connectivity index (χ1n) is 9.91. The molecule has 1 aliphatic rings. The number of halogens is 1. The minimum Gasteiger partial charge on any atom is -0.337 e. The molecule has 0 atom stereocenters. The van der Waals surface area contributed by atoms with Crippen LogP contribution in [0.15, 0.2) is 89.5 Å². The zero-order valence-corrected chi connectivity index (χ0v) is 17.5.